The molecule has 5 aliphatic heterocycles. The second-order valence-corrected chi connectivity index (χ2v) is 28.7. The van der Waals surface area contributed by atoms with Gasteiger partial charge in [-0.15, -0.1) is 0 Å². The number of hydrogen-bond acceptors (Lipinski definition) is 34. The van der Waals surface area contributed by atoms with Crippen LogP contribution in [0.4, 0.5) is 0 Å². The number of aliphatic hydroxyl groups excluding tert-OH is 11. The van der Waals surface area contributed by atoms with Crippen molar-refractivity contribution in [3.8, 4) is 0 Å². The van der Waals surface area contributed by atoms with E-state index in [9.17, 15) is 80.5 Å². The minimum absolute atomic E-state index is 0.0101. The Balaban J connectivity index is 0.000000330. The summed E-state index contributed by atoms with van der Waals surface area (Å²) in [6, 6.07) is -0.567. The van der Waals surface area contributed by atoms with Gasteiger partial charge in [-0.05, 0) is 106 Å². The van der Waals surface area contributed by atoms with Crippen molar-refractivity contribution in [1.29, 1.82) is 0 Å². The van der Waals surface area contributed by atoms with Crippen LogP contribution in [0.2, 0.25) is 0 Å². The summed E-state index contributed by atoms with van der Waals surface area (Å²) in [6.45, 7) is 16.2. The zero-order valence-electron chi connectivity index (χ0n) is 60.8. The van der Waals surface area contributed by atoms with Crippen LogP contribution in [0.5, 0.6) is 0 Å². The molecule has 6 heterocycles. The third-order valence-electron chi connectivity index (χ3n) is 20.9. The van der Waals surface area contributed by atoms with E-state index >= 15 is 0 Å². The number of ether oxygens (including phenoxy) is 11. The van der Waals surface area contributed by atoms with Gasteiger partial charge < -0.3 is 147 Å². The molecule has 7 rings (SSSR count). The summed E-state index contributed by atoms with van der Waals surface area (Å²) >= 11 is 0. The normalized spacial score (nSPS) is 44.3. The van der Waals surface area contributed by atoms with Gasteiger partial charge in [0.1, 0.15) is 96.8 Å². The molecular weight excluding hydrogens is 1350 g/mol. The summed E-state index contributed by atoms with van der Waals surface area (Å²) in [5, 5.41) is 130. The Morgan fingerprint density at radius 3 is 1.86 bits per heavy atom. The van der Waals surface area contributed by atoms with Crippen molar-refractivity contribution in [3.63, 3.8) is 0 Å². The topological polar surface area (TPSA) is 583 Å². The second-order valence-electron chi connectivity index (χ2n) is 28.7. The molecule has 0 bridgehead atoms. The van der Waals surface area contributed by atoms with Gasteiger partial charge in [-0.1, -0.05) is 27.7 Å². The van der Waals surface area contributed by atoms with Crippen LogP contribution < -0.4 is 39.5 Å². The van der Waals surface area contributed by atoms with E-state index in [4.69, 9.17) is 80.9 Å². The van der Waals surface area contributed by atoms with Crippen molar-refractivity contribution in [3.05, 3.63) is 30.1 Å². The molecule has 1 saturated carbocycles. The standard InChI is InChI=1S/C38H69NO13.C22H43N5O13.C6H7N3O/c1-15-26-38(10,45)31(42)21(4)28(40)19(2)17-37(9,47-14)33(52-35-29(41)25(39(11)12)16-20(3)48-35)22(5)30(23(6)34(44)50-26)51-27-18-36(8,46-13)32(43)24(7)49-27;23-2-1-8(29)20(36)27-7-3-6(25)18(39-22-16(34)15(33)13(31)9(4-24)37-22)17(35)19(7)40-21-14(32)11(26)12(30)10(5-28)38-21;7-9-6(10)5-1-3-8-4-2-5/h19-27,29-33,35,41-43,45H,15-18H2,1-14H3;6-19,21-22,28-35H,1-5,23-26H2,(H,27,36);1-4H,7H2,(H,9,10)/t19-,20-,21+,22+,23-,24+,25+,26-,27+,29-,30+,31-,32+,33-,35+,36-,37-,38-;6-,7+,8-,9+,10+,11-,12+,13+,14+,15-,16+,17-,18+,19-,21+,22+;/m10./s1. The average Bonchev–Trinajstić information content (AvgIpc) is 0.778. The fourth-order valence-corrected chi connectivity index (χ4v) is 14.2. The molecule has 1 aromatic heterocycles. The molecule has 34 atom stereocenters. The van der Waals surface area contributed by atoms with Crippen molar-refractivity contribution in [2.24, 2.45) is 52.4 Å². The molecule has 1 aliphatic carbocycles. The minimum Gasteiger partial charge on any atom is -0.459 e. The van der Waals surface area contributed by atoms with Crippen molar-refractivity contribution >= 4 is 23.6 Å². The van der Waals surface area contributed by atoms with Gasteiger partial charge in [0.25, 0.3) is 5.91 Å². The van der Waals surface area contributed by atoms with E-state index in [1.165, 1.54) is 33.5 Å². The Hall–Kier alpha value is -3.89. The summed E-state index contributed by atoms with van der Waals surface area (Å²) in [5.74, 6) is -0.734. The highest BCUT2D eigenvalue weighted by Crippen LogP contribution is 2.43. The van der Waals surface area contributed by atoms with Crippen LogP contribution in [-0.4, -0.2) is 325 Å². The SMILES string of the molecule is CC[C@H]1OC(=O)[C@H](C)[C@@H](O[C@H]2C[C@@](C)(OC)[C@@H](O)[C@H](C)O2)[C@H](C)[C@@H](O[C@@H]2O[C@H](C)C[C@H](N(C)C)[C@H]2O)[C@](C)(OC)C[C@@H](C)C(=O)[C@H](C)[C@@H](O)[C@]1(C)O.NCC[C@H](O)C(=O)N[C@@H]1C[C@H](N)[C@@H](O[C@H]2O[C@H](CN)[C@@H](O)[C@H](O)[C@H]2O)[C@H](O)[C@H]1O[C@H]1O[C@H](CO)[C@@H](O)[C@H](N)[C@H]1O.NNC(=O)c1ccncc1. The smallest absolute Gasteiger partial charge is 0.311 e. The van der Waals surface area contributed by atoms with Crippen molar-refractivity contribution < 1.29 is 133 Å². The number of cyclic esters (lactones) is 1. The maximum absolute atomic E-state index is 14.2. The number of aromatic nitrogens is 1. The van der Waals surface area contributed by atoms with E-state index in [2.05, 4.69) is 10.3 Å². The van der Waals surface area contributed by atoms with Crippen LogP contribution >= 0.6 is 0 Å². The molecule has 5 saturated heterocycles. The third kappa shape index (κ3) is 21.1. The Morgan fingerprint density at radius 2 is 1.30 bits per heavy atom. The quantitative estimate of drug-likeness (QED) is 0.0265. The molecule has 6 aliphatic rings. The number of nitrogens with one attached hydrogen (secondary N) is 2. The average molecular weight is 1470 g/mol. The van der Waals surface area contributed by atoms with E-state index in [1.54, 1.807) is 60.6 Å². The minimum atomic E-state index is -1.96. The number of rotatable bonds is 19. The molecule has 590 valence electrons. The van der Waals surface area contributed by atoms with E-state index in [0.29, 0.717) is 12.0 Å². The number of Topliss-reactive ketones (excluding diaryl/α,β-unsaturated/α-hetero) is 1. The molecule has 6 fully saturated rings. The summed E-state index contributed by atoms with van der Waals surface area (Å²) in [5.41, 5.74) is 21.4. The molecule has 0 spiro atoms. The molecule has 0 radical (unpaired) electrons. The van der Waals surface area contributed by atoms with E-state index in [0.717, 1.165) is 0 Å². The molecule has 2 amide bonds. The molecule has 36 heteroatoms. The molecule has 1 aromatic rings. The van der Waals surface area contributed by atoms with Crippen LogP contribution in [0.1, 0.15) is 118 Å². The first-order valence-corrected chi connectivity index (χ1v) is 34.7. The van der Waals surface area contributed by atoms with Gasteiger partial charge in [0.2, 0.25) is 5.91 Å². The van der Waals surface area contributed by atoms with Gasteiger partial charge in [0.05, 0.1) is 66.3 Å². The second kappa shape index (κ2) is 38.8. The number of carbonyl (C=O) groups excluding carboxylic acids is 4. The molecular formula is C66H119N9O27. The van der Waals surface area contributed by atoms with Gasteiger partial charge in [-0.2, -0.15) is 0 Å². The molecule has 0 aromatic carbocycles. The fourth-order valence-electron chi connectivity index (χ4n) is 14.2. The number of nitrogens with zero attached hydrogens (tertiary/aromatic N) is 2. The maximum atomic E-state index is 14.2. The molecule has 0 unspecified atom stereocenters. The predicted octanol–water partition coefficient (Wildman–Crippen LogP) is -6.30. The lowest BCUT2D eigenvalue weighted by atomic mass is 9.74. The Morgan fingerprint density at radius 1 is 0.716 bits per heavy atom. The largest absolute Gasteiger partial charge is 0.459 e. The van der Waals surface area contributed by atoms with E-state index in [1.807, 2.05) is 38.3 Å². The molecule has 36 nitrogen and oxygen atoms in total. The summed E-state index contributed by atoms with van der Waals surface area (Å²) in [6.07, 6.45) is -25.5. The zero-order chi connectivity index (χ0) is 77.0. The van der Waals surface area contributed by atoms with Crippen LogP contribution in [0.25, 0.3) is 0 Å². The van der Waals surface area contributed by atoms with Crippen molar-refractivity contribution in [2.45, 2.75) is 290 Å². The summed E-state index contributed by atoms with van der Waals surface area (Å²) < 4.78 is 66.4. The number of aliphatic hydroxyl groups is 12. The number of methoxy groups -OCH3 is 2. The number of hydrazine groups is 1. The van der Waals surface area contributed by atoms with E-state index < -0.39 is 212 Å². The Bertz CT molecular complexity index is 2740. The van der Waals surface area contributed by atoms with E-state index in [-0.39, 0.29) is 69.0 Å². The lowest BCUT2D eigenvalue weighted by Crippen LogP contribution is -2.69. The van der Waals surface area contributed by atoms with Crippen LogP contribution in [0.3, 0.4) is 0 Å². The van der Waals surface area contributed by atoms with Crippen LogP contribution in [0, 0.1) is 23.7 Å². The lowest BCUT2D eigenvalue weighted by Gasteiger charge is -2.50. The number of ketones is 1. The number of likely N-dealkylation sites (N-methyl/N-ethyl adjacent to an activating group) is 1. The predicted molar refractivity (Wildman–Crippen MR) is 358 cm³/mol. The number of carbonyl (C=O) groups is 4. The van der Waals surface area contributed by atoms with Crippen LogP contribution in [-0.2, 0) is 66.5 Å². The molecule has 102 heavy (non-hydrogen) atoms. The first-order chi connectivity index (χ1) is 47.7. The lowest BCUT2D eigenvalue weighted by molar-refractivity contribution is -0.332. The van der Waals surface area contributed by atoms with Gasteiger partial charge in [-0.25, -0.2) is 5.84 Å². The molecule has 24 N–H and O–H groups in total. The number of amides is 2. The fraction of sp³-hybridized carbons (Fsp3) is 0.864. The summed E-state index contributed by atoms with van der Waals surface area (Å²) in [4.78, 5) is 57.1. The first kappa shape index (κ1) is 88.7. The van der Waals surface area contributed by atoms with Gasteiger partial charge in [0.15, 0.2) is 25.2 Å². The highest BCUT2D eigenvalue weighted by Gasteiger charge is 2.57. The monoisotopic (exact) mass is 1470 g/mol. The number of pyridine rings is 1. The van der Waals surface area contributed by atoms with Crippen LogP contribution in [0.15, 0.2) is 24.5 Å². The highest BCUT2D eigenvalue weighted by molar-refractivity contribution is 5.93. The Labute approximate surface area is 595 Å². The number of hydrogen-bond donors (Lipinski definition) is 19. The first-order valence-electron chi connectivity index (χ1n) is 34.7. The van der Waals surface area contributed by atoms with Crippen molar-refractivity contribution in [1.82, 2.24) is 20.6 Å². The maximum Gasteiger partial charge on any atom is 0.311 e. The van der Waals surface area contributed by atoms with Gasteiger partial charge in [-0.3, -0.25) is 29.6 Å². The number of esters is 1. The Kier molecular flexibility index (Phi) is 33.7. The number of nitrogens with two attached hydrogens (primary N) is 5. The van der Waals surface area contributed by atoms with Crippen molar-refractivity contribution in [2.75, 3.05) is 48.0 Å². The van der Waals surface area contributed by atoms with Gasteiger partial charge >= 0.3 is 5.97 Å². The number of nitrogen functional groups attached to an aromatic ring is 1. The third-order valence-corrected chi connectivity index (χ3v) is 20.9. The zero-order valence-corrected chi connectivity index (χ0v) is 60.8. The summed E-state index contributed by atoms with van der Waals surface area (Å²) in [7, 11) is 6.77. The highest BCUT2D eigenvalue weighted by atomic mass is 16.7. The van der Waals surface area contributed by atoms with Gasteiger partial charge in [0, 0.05) is 75.0 Å².